The van der Waals surface area contributed by atoms with Crippen LogP contribution >= 0.6 is 16.6 Å². The number of hydrogen-bond donors (Lipinski definition) is 0. The molecule has 0 radical (unpaired) electrons. The van der Waals surface area contributed by atoms with E-state index in [1.165, 1.54) is 20.8 Å². The summed E-state index contributed by atoms with van der Waals surface area (Å²) in [5, 5.41) is -5.53. The van der Waals surface area contributed by atoms with Gasteiger partial charge < -0.3 is 0 Å². The minimum atomic E-state index is -3.47. The summed E-state index contributed by atoms with van der Waals surface area (Å²) in [6.07, 6.45) is 0. The first-order chi connectivity index (χ1) is 7.93. The normalized spacial score (nSPS) is 15.6. The zero-order valence-corrected chi connectivity index (χ0v) is 12.1. The summed E-state index contributed by atoms with van der Waals surface area (Å²) < 4.78 is 66.2. The van der Waals surface area contributed by atoms with Gasteiger partial charge >= 0.3 is 0 Å². The van der Waals surface area contributed by atoms with Crippen molar-refractivity contribution in [3.8, 4) is 0 Å². The van der Waals surface area contributed by atoms with E-state index in [1.807, 2.05) is 0 Å². The molecule has 0 nitrogen and oxygen atoms in total. The average Bonchev–Trinajstić information content (AvgIpc) is 2.22. The van der Waals surface area contributed by atoms with Gasteiger partial charge in [0.15, 0.2) is 23.3 Å². The minimum absolute atomic E-state index is 0.984. The summed E-state index contributed by atoms with van der Waals surface area (Å²) in [6.45, 7) is 4.45. The number of hydrogen-bond acceptors (Lipinski definition) is 1. The van der Waals surface area contributed by atoms with Crippen molar-refractivity contribution in [1.29, 1.82) is 0 Å². The van der Waals surface area contributed by atoms with Gasteiger partial charge in [0.25, 0.3) is 0 Å². The van der Waals surface area contributed by atoms with E-state index in [0.717, 1.165) is 0 Å². The second kappa shape index (κ2) is 4.73. The van der Waals surface area contributed by atoms with E-state index in [1.54, 1.807) is 0 Å². The molecule has 0 aliphatic rings. The minimum Gasteiger partial charge on any atom is -0.203 e. The average molecular weight is 323 g/mol. The SMILES string of the molecule is CC(C)(C)P(=S)(Cl)c1c(F)c(F)c(F)c(F)c1F. The summed E-state index contributed by atoms with van der Waals surface area (Å²) >= 11 is 10.9. The molecule has 1 rings (SSSR count). The summed E-state index contributed by atoms with van der Waals surface area (Å²) in [5.41, 5.74) is 0. The molecule has 8 heteroatoms. The van der Waals surface area contributed by atoms with Gasteiger partial charge in [-0.3, -0.25) is 0 Å². The van der Waals surface area contributed by atoms with Crippen molar-refractivity contribution in [1.82, 2.24) is 0 Å². The first kappa shape index (κ1) is 15.9. The molecule has 18 heavy (non-hydrogen) atoms. The molecule has 0 amide bonds. The molecule has 102 valence electrons. The van der Waals surface area contributed by atoms with Gasteiger partial charge in [-0.05, 0) is 0 Å². The summed E-state index contributed by atoms with van der Waals surface area (Å²) in [7, 11) is 0. The van der Waals surface area contributed by atoms with E-state index in [2.05, 4.69) is 0 Å². The van der Waals surface area contributed by atoms with Crippen molar-refractivity contribution in [3.63, 3.8) is 0 Å². The summed E-state index contributed by atoms with van der Waals surface area (Å²) in [4.78, 5) is 0. The molecule has 0 saturated heterocycles. The fourth-order valence-electron chi connectivity index (χ4n) is 1.18. The molecule has 0 heterocycles. The molecule has 0 fully saturated rings. The molecule has 0 spiro atoms. The lowest BCUT2D eigenvalue weighted by molar-refractivity contribution is 0.384. The van der Waals surface area contributed by atoms with Crippen molar-refractivity contribution >= 4 is 33.7 Å². The Labute approximate surface area is 111 Å². The molecule has 1 atom stereocenters. The van der Waals surface area contributed by atoms with Crippen LogP contribution in [-0.2, 0) is 11.8 Å². The fraction of sp³-hybridized carbons (Fsp3) is 0.400. The molecule has 1 unspecified atom stereocenters. The highest BCUT2D eigenvalue weighted by molar-refractivity contribution is 8.31. The third kappa shape index (κ3) is 2.30. The molecule has 1 aromatic rings. The Morgan fingerprint density at radius 3 is 1.39 bits per heavy atom. The van der Waals surface area contributed by atoms with Gasteiger partial charge in [0.2, 0.25) is 5.82 Å². The topological polar surface area (TPSA) is 0 Å². The van der Waals surface area contributed by atoms with E-state index < -0.39 is 44.9 Å². The van der Waals surface area contributed by atoms with E-state index in [0.29, 0.717) is 0 Å². The number of halogens is 6. The van der Waals surface area contributed by atoms with Crippen LogP contribution in [0.2, 0.25) is 0 Å². The third-order valence-corrected chi connectivity index (χ3v) is 9.25. The van der Waals surface area contributed by atoms with Gasteiger partial charge in [-0.2, -0.15) is 0 Å². The summed E-state index contributed by atoms with van der Waals surface area (Å²) in [5.74, 6) is -10.2. The zero-order chi connectivity index (χ0) is 14.5. The lowest BCUT2D eigenvalue weighted by Crippen LogP contribution is -2.27. The molecule has 0 bridgehead atoms. The Kier molecular flexibility index (Phi) is 4.17. The molecule has 1 aromatic carbocycles. The van der Waals surface area contributed by atoms with Crippen LogP contribution < -0.4 is 5.30 Å². The van der Waals surface area contributed by atoms with Crippen molar-refractivity contribution in [2.24, 2.45) is 0 Å². The molecular formula is C10H9ClF5PS. The predicted molar refractivity (Wildman–Crippen MR) is 65.8 cm³/mol. The molecule has 0 saturated carbocycles. The standard InChI is InChI=1S/C10H9ClF5PS/c1-10(2,3)17(11,18)9-7(15)5(13)4(12)6(14)8(9)16/h1-3H3. The van der Waals surface area contributed by atoms with E-state index >= 15 is 0 Å². The highest BCUT2D eigenvalue weighted by Crippen LogP contribution is 2.62. The van der Waals surface area contributed by atoms with Crippen molar-refractivity contribution in [3.05, 3.63) is 29.1 Å². The summed E-state index contributed by atoms with van der Waals surface area (Å²) in [6, 6.07) is 0. The van der Waals surface area contributed by atoms with Gasteiger partial charge in [-0.1, -0.05) is 43.8 Å². The second-order valence-electron chi connectivity index (χ2n) is 4.62. The van der Waals surface area contributed by atoms with Crippen LogP contribution in [0.1, 0.15) is 20.8 Å². The first-order valence-electron chi connectivity index (χ1n) is 4.74. The zero-order valence-electron chi connectivity index (χ0n) is 9.62. The predicted octanol–water partition coefficient (Wildman–Crippen LogP) is 4.44. The molecule has 0 N–H and O–H groups in total. The first-order valence-corrected chi connectivity index (χ1v) is 8.45. The van der Waals surface area contributed by atoms with Crippen LogP contribution in [0.3, 0.4) is 0 Å². The highest BCUT2D eigenvalue weighted by atomic mass is 35.7. The van der Waals surface area contributed by atoms with Crippen LogP contribution in [0.15, 0.2) is 0 Å². The maximum atomic E-state index is 13.6. The van der Waals surface area contributed by atoms with Gasteiger partial charge in [0.05, 0.1) is 10.7 Å². The largest absolute Gasteiger partial charge is 0.203 e. The van der Waals surface area contributed by atoms with Crippen LogP contribution in [0.4, 0.5) is 22.0 Å². The van der Waals surface area contributed by atoms with E-state index in [-0.39, 0.29) is 0 Å². The smallest absolute Gasteiger partial charge is 0.200 e. The maximum absolute atomic E-state index is 13.6. The van der Waals surface area contributed by atoms with Crippen molar-refractivity contribution in [2.45, 2.75) is 25.9 Å². The molecular weight excluding hydrogens is 314 g/mol. The monoisotopic (exact) mass is 322 g/mol. The van der Waals surface area contributed by atoms with Crippen LogP contribution in [0.5, 0.6) is 0 Å². The molecule has 0 aliphatic heterocycles. The fourth-order valence-corrected chi connectivity index (χ4v) is 3.48. The van der Waals surface area contributed by atoms with Gasteiger partial charge in [0.1, 0.15) is 0 Å². The maximum Gasteiger partial charge on any atom is 0.200 e. The Bertz CT molecular complexity index is 523. The Morgan fingerprint density at radius 2 is 1.11 bits per heavy atom. The van der Waals surface area contributed by atoms with Gasteiger partial charge in [-0.15, -0.1) is 0 Å². The highest BCUT2D eigenvalue weighted by Gasteiger charge is 2.40. The Hall–Kier alpha value is -0.190. The molecule has 0 aromatic heterocycles. The van der Waals surface area contributed by atoms with Crippen LogP contribution in [-0.4, -0.2) is 5.16 Å². The Morgan fingerprint density at radius 1 is 0.833 bits per heavy atom. The van der Waals surface area contributed by atoms with Crippen LogP contribution in [0.25, 0.3) is 0 Å². The molecule has 0 aliphatic carbocycles. The lowest BCUT2D eigenvalue weighted by Gasteiger charge is -2.30. The van der Waals surface area contributed by atoms with E-state index in [9.17, 15) is 22.0 Å². The second-order valence-corrected chi connectivity index (χ2v) is 11.2. The van der Waals surface area contributed by atoms with E-state index in [4.69, 9.17) is 23.0 Å². The number of benzene rings is 1. The van der Waals surface area contributed by atoms with Crippen molar-refractivity contribution < 1.29 is 22.0 Å². The Balaban J connectivity index is 3.79. The number of rotatable bonds is 1. The third-order valence-electron chi connectivity index (χ3n) is 2.34. The van der Waals surface area contributed by atoms with Gasteiger partial charge in [-0.25, -0.2) is 22.0 Å². The van der Waals surface area contributed by atoms with Gasteiger partial charge in [0, 0.05) is 5.16 Å². The quantitative estimate of drug-likeness (QED) is 0.319. The van der Waals surface area contributed by atoms with Crippen molar-refractivity contribution in [2.75, 3.05) is 0 Å². The lowest BCUT2D eigenvalue weighted by atomic mass is 10.2. The van der Waals surface area contributed by atoms with Crippen LogP contribution in [0, 0.1) is 29.1 Å².